The van der Waals surface area contributed by atoms with E-state index in [2.05, 4.69) is 5.32 Å². The number of anilines is 2. The van der Waals surface area contributed by atoms with Gasteiger partial charge in [0.25, 0.3) is 5.91 Å². The van der Waals surface area contributed by atoms with Crippen LogP contribution < -0.4 is 9.62 Å². The maximum absolute atomic E-state index is 13.0. The highest BCUT2D eigenvalue weighted by atomic mass is 32.2. The number of sulfonamides is 1. The standard InChI is InChI=1S/C18H17F3N2O3S/c1-12-6-7-14(11-16(12)18(19,20)21)22-17(24)13-4-2-5-15(10-13)23-8-3-9-27(23,25)26/h2,4-7,10-11H,3,8-9H2,1H3,(H,22,24). The second-order valence-electron chi connectivity index (χ2n) is 6.27. The zero-order valence-electron chi connectivity index (χ0n) is 14.4. The Labute approximate surface area is 154 Å². The average molecular weight is 398 g/mol. The number of benzene rings is 2. The molecule has 27 heavy (non-hydrogen) atoms. The number of halogens is 3. The van der Waals surface area contributed by atoms with Crippen molar-refractivity contribution in [2.45, 2.75) is 19.5 Å². The number of rotatable bonds is 3. The second-order valence-corrected chi connectivity index (χ2v) is 8.29. The number of alkyl halides is 3. The quantitative estimate of drug-likeness (QED) is 0.855. The van der Waals surface area contributed by atoms with Crippen LogP contribution in [-0.2, 0) is 16.2 Å². The van der Waals surface area contributed by atoms with E-state index in [-0.39, 0.29) is 22.6 Å². The second kappa shape index (κ2) is 6.88. The lowest BCUT2D eigenvalue weighted by molar-refractivity contribution is -0.138. The summed E-state index contributed by atoms with van der Waals surface area (Å²) in [6.07, 6.45) is -4.02. The van der Waals surface area contributed by atoms with Gasteiger partial charge in [-0.1, -0.05) is 12.1 Å². The summed E-state index contributed by atoms with van der Waals surface area (Å²) in [5, 5.41) is 2.43. The number of aryl methyl sites for hydroxylation is 1. The van der Waals surface area contributed by atoms with Crippen LogP contribution >= 0.6 is 0 Å². The van der Waals surface area contributed by atoms with Crippen LogP contribution in [0.15, 0.2) is 42.5 Å². The predicted octanol–water partition coefficient (Wildman–Crippen LogP) is 3.81. The Hall–Kier alpha value is -2.55. The maximum Gasteiger partial charge on any atom is 0.416 e. The number of nitrogens with one attached hydrogen (secondary N) is 1. The first kappa shape index (κ1) is 19.2. The fourth-order valence-corrected chi connectivity index (χ4v) is 4.50. The number of nitrogens with zero attached hydrogens (tertiary/aromatic N) is 1. The molecule has 1 heterocycles. The van der Waals surface area contributed by atoms with Crippen molar-refractivity contribution in [1.29, 1.82) is 0 Å². The Bertz CT molecular complexity index is 988. The molecule has 0 spiro atoms. The lowest BCUT2D eigenvalue weighted by Crippen LogP contribution is -2.25. The number of amides is 1. The molecule has 144 valence electrons. The minimum atomic E-state index is -4.52. The highest BCUT2D eigenvalue weighted by molar-refractivity contribution is 7.93. The van der Waals surface area contributed by atoms with E-state index >= 15 is 0 Å². The monoisotopic (exact) mass is 398 g/mol. The summed E-state index contributed by atoms with van der Waals surface area (Å²) in [7, 11) is -3.39. The van der Waals surface area contributed by atoms with Gasteiger partial charge in [0, 0.05) is 17.8 Å². The van der Waals surface area contributed by atoms with E-state index < -0.39 is 27.7 Å². The first-order chi connectivity index (χ1) is 12.6. The Morgan fingerprint density at radius 1 is 1.15 bits per heavy atom. The molecule has 0 atom stereocenters. The van der Waals surface area contributed by atoms with E-state index in [1.807, 2.05) is 0 Å². The minimum absolute atomic E-state index is 0.0112. The molecular formula is C18H17F3N2O3S. The van der Waals surface area contributed by atoms with Crippen LogP contribution in [0.3, 0.4) is 0 Å². The van der Waals surface area contributed by atoms with Crippen LogP contribution in [0.1, 0.15) is 27.9 Å². The molecule has 0 aromatic heterocycles. The van der Waals surface area contributed by atoms with E-state index in [0.717, 1.165) is 6.07 Å². The van der Waals surface area contributed by atoms with Crippen molar-refractivity contribution in [2.75, 3.05) is 21.9 Å². The average Bonchev–Trinajstić information content (AvgIpc) is 2.95. The SMILES string of the molecule is Cc1ccc(NC(=O)c2cccc(N3CCCS3(=O)=O)c2)cc1C(F)(F)F. The molecule has 0 aliphatic carbocycles. The summed E-state index contributed by atoms with van der Waals surface area (Å²) in [4.78, 5) is 12.4. The Balaban J connectivity index is 1.85. The molecule has 2 aromatic rings. The highest BCUT2D eigenvalue weighted by Gasteiger charge is 2.32. The summed E-state index contributed by atoms with van der Waals surface area (Å²) in [6.45, 7) is 1.68. The Morgan fingerprint density at radius 3 is 2.52 bits per heavy atom. The van der Waals surface area contributed by atoms with E-state index in [9.17, 15) is 26.4 Å². The summed E-state index contributed by atoms with van der Waals surface area (Å²) in [5.74, 6) is -0.571. The first-order valence-electron chi connectivity index (χ1n) is 8.17. The molecule has 3 rings (SSSR count). The number of carbonyl (C=O) groups excluding carboxylic acids is 1. The van der Waals surface area contributed by atoms with Crippen molar-refractivity contribution in [3.8, 4) is 0 Å². The zero-order chi connectivity index (χ0) is 19.8. The van der Waals surface area contributed by atoms with Gasteiger partial charge in [0.1, 0.15) is 0 Å². The molecular weight excluding hydrogens is 381 g/mol. The van der Waals surface area contributed by atoms with Crippen LogP contribution in [0.2, 0.25) is 0 Å². The van der Waals surface area contributed by atoms with Gasteiger partial charge in [0.15, 0.2) is 0 Å². The molecule has 1 amide bonds. The summed E-state index contributed by atoms with van der Waals surface area (Å²) in [6, 6.07) is 9.55. The van der Waals surface area contributed by atoms with Gasteiger partial charge in [-0.25, -0.2) is 8.42 Å². The smallest absolute Gasteiger partial charge is 0.322 e. The van der Waals surface area contributed by atoms with Crippen molar-refractivity contribution in [3.05, 3.63) is 59.2 Å². The van der Waals surface area contributed by atoms with Gasteiger partial charge in [-0.2, -0.15) is 13.2 Å². The van der Waals surface area contributed by atoms with Gasteiger partial charge >= 0.3 is 6.18 Å². The highest BCUT2D eigenvalue weighted by Crippen LogP contribution is 2.33. The minimum Gasteiger partial charge on any atom is -0.322 e. The van der Waals surface area contributed by atoms with Crippen molar-refractivity contribution in [3.63, 3.8) is 0 Å². The molecule has 0 unspecified atom stereocenters. The molecule has 1 fully saturated rings. The maximum atomic E-state index is 13.0. The third-order valence-electron chi connectivity index (χ3n) is 4.30. The Morgan fingerprint density at radius 2 is 1.89 bits per heavy atom. The van der Waals surface area contributed by atoms with E-state index in [1.165, 1.54) is 41.6 Å². The van der Waals surface area contributed by atoms with E-state index in [4.69, 9.17) is 0 Å². The van der Waals surface area contributed by atoms with Crippen molar-refractivity contribution < 1.29 is 26.4 Å². The van der Waals surface area contributed by atoms with Crippen LogP contribution in [0.25, 0.3) is 0 Å². The molecule has 1 aliphatic rings. The van der Waals surface area contributed by atoms with Crippen LogP contribution in [0, 0.1) is 6.92 Å². The molecule has 0 radical (unpaired) electrons. The predicted molar refractivity (Wildman–Crippen MR) is 96.3 cm³/mol. The fraction of sp³-hybridized carbons (Fsp3) is 0.278. The number of carbonyl (C=O) groups is 1. The van der Waals surface area contributed by atoms with Crippen LogP contribution in [0.4, 0.5) is 24.5 Å². The van der Waals surface area contributed by atoms with Gasteiger partial charge in [0.2, 0.25) is 10.0 Å². The topological polar surface area (TPSA) is 66.5 Å². The van der Waals surface area contributed by atoms with Gasteiger partial charge < -0.3 is 5.32 Å². The molecule has 0 bridgehead atoms. The molecule has 1 N–H and O–H groups in total. The lowest BCUT2D eigenvalue weighted by atomic mass is 10.1. The zero-order valence-corrected chi connectivity index (χ0v) is 15.2. The van der Waals surface area contributed by atoms with Crippen LogP contribution in [0.5, 0.6) is 0 Å². The molecule has 1 saturated heterocycles. The van der Waals surface area contributed by atoms with Crippen molar-refractivity contribution in [2.24, 2.45) is 0 Å². The van der Waals surface area contributed by atoms with Gasteiger partial charge in [-0.15, -0.1) is 0 Å². The van der Waals surface area contributed by atoms with Crippen LogP contribution in [-0.4, -0.2) is 26.6 Å². The van der Waals surface area contributed by atoms with Crippen molar-refractivity contribution in [1.82, 2.24) is 0 Å². The van der Waals surface area contributed by atoms with Gasteiger partial charge in [0.05, 0.1) is 17.0 Å². The Kier molecular flexibility index (Phi) is 4.90. The molecule has 1 aliphatic heterocycles. The van der Waals surface area contributed by atoms with E-state index in [0.29, 0.717) is 18.7 Å². The van der Waals surface area contributed by atoms with Gasteiger partial charge in [-0.3, -0.25) is 9.10 Å². The third kappa shape index (κ3) is 4.08. The third-order valence-corrected chi connectivity index (χ3v) is 6.17. The summed E-state index contributed by atoms with van der Waals surface area (Å²) >= 11 is 0. The summed E-state index contributed by atoms with van der Waals surface area (Å²) < 4.78 is 64.3. The summed E-state index contributed by atoms with van der Waals surface area (Å²) in [5.41, 5.74) is -0.236. The lowest BCUT2D eigenvalue weighted by Gasteiger charge is -2.17. The fourth-order valence-electron chi connectivity index (χ4n) is 2.94. The largest absolute Gasteiger partial charge is 0.416 e. The molecule has 0 saturated carbocycles. The first-order valence-corrected chi connectivity index (χ1v) is 9.78. The van der Waals surface area contributed by atoms with Gasteiger partial charge in [-0.05, 0) is 49.2 Å². The normalized spacial score (nSPS) is 16.4. The van der Waals surface area contributed by atoms with Crippen molar-refractivity contribution >= 4 is 27.3 Å². The number of hydrogen-bond acceptors (Lipinski definition) is 3. The van der Waals surface area contributed by atoms with E-state index in [1.54, 1.807) is 6.07 Å². The molecule has 9 heteroatoms. The number of hydrogen-bond donors (Lipinski definition) is 1. The molecule has 2 aromatic carbocycles. The molecule has 5 nitrogen and oxygen atoms in total.